The summed E-state index contributed by atoms with van der Waals surface area (Å²) in [5, 5.41) is 9.07. The Balaban J connectivity index is 1.77. The van der Waals surface area contributed by atoms with Crippen LogP contribution in [0, 0.1) is 0 Å². The number of hydrogen-bond acceptors (Lipinski definition) is 3. The fourth-order valence-electron chi connectivity index (χ4n) is 2.94. The molecule has 1 heterocycles. The molecule has 0 bridgehead atoms. The van der Waals surface area contributed by atoms with Crippen LogP contribution < -0.4 is 0 Å². The van der Waals surface area contributed by atoms with Crippen LogP contribution in [0.15, 0.2) is 54.6 Å². The minimum absolute atomic E-state index is 0.0188. The van der Waals surface area contributed by atoms with Crippen molar-refractivity contribution in [1.82, 2.24) is 4.90 Å². The number of benzene rings is 2. The molecule has 0 spiro atoms. The summed E-state index contributed by atoms with van der Waals surface area (Å²) in [5.74, 6) is -1.01. The first-order valence-electron chi connectivity index (χ1n) is 7.89. The molecule has 1 aliphatic rings. The van der Waals surface area contributed by atoms with Crippen LogP contribution in [0.25, 0.3) is 0 Å². The van der Waals surface area contributed by atoms with Gasteiger partial charge in [0, 0.05) is 6.54 Å². The van der Waals surface area contributed by atoms with Crippen molar-refractivity contribution in [3.05, 3.63) is 71.3 Å². The van der Waals surface area contributed by atoms with Crippen molar-refractivity contribution >= 4 is 11.9 Å². The highest BCUT2D eigenvalue weighted by Gasteiger charge is 2.28. The minimum Gasteiger partial charge on any atom is -0.478 e. The molecule has 5 nitrogen and oxygen atoms in total. The van der Waals surface area contributed by atoms with E-state index in [1.54, 1.807) is 18.2 Å². The molecule has 124 valence electrons. The molecule has 1 aliphatic heterocycles. The van der Waals surface area contributed by atoms with Crippen molar-refractivity contribution in [1.29, 1.82) is 0 Å². The van der Waals surface area contributed by atoms with E-state index >= 15 is 0 Å². The topological polar surface area (TPSA) is 66.8 Å². The van der Waals surface area contributed by atoms with Crippen LogP contribution >= 0.6 is 0 Å². The Morgan fingerprint density at radius 2 is 1.92 bits per heavy atom. The van der Waals surface area contributed by atoms with Crippen LogP contribution in [0.1, 0.15) is 27.5 Å². The van der Waals surface area contributed by atoms with Crippen LogP contribution in [0.4, 0.5) is 0 Å². The van der Waals surface area contributed by atoms with E-state index in [1.165, 1.54) is 6.07 Å². The number of carboxylic acid groups (broad SMARTS) is 1. The van der Waals surface area contributed by atoms with Crippen molar-refractivity contribution in [3.63, 3.8) is 0 Å². The van der Waals surface area contributed by atoms with Crippen LogP contribution in [0.3, 0.4) is 0 Å². The number of amides is 1. The van der Waals surface area contributed by atoms with Gasteiger partial charge in [-0.25, -0.2) is 4.79 Å². The lowest BCUT2D eigenvalue weighted by Gasteiger charge is -2.36. The highest BCUT2D eigenvalue weighted by molar-refractivity contribution is 5.88. The summed E-state index contributed by atoms with van der Waals surface area (Å²) in [7, 11) is 0. The van der Waals surface area contributed by atoms with Gasteiger partial charge in [0.15, 0.2) is 0 Å². The summed E-state index contributed by atoms with van der Waals surface area (Å²) in [6, 6.07) is 16.2. The van der Waals surface area contributed by atoms with E-state index in [1.807, 2.05) is 35.2 Å². The normalized spacial score (nSPS) is 17.5. The second kappa shape index (κ2) is 7.27. The molecule has 5 heteroatoms. The number of hydrogen-bond donors (Lipinski definition) is 1. The molecule has 0 saturated carbocycles. The molecule has 24 heavy (non-hydrogen) atoms. The van der Waals surface area contributed by atoms with Crippen molar-refractivity contribution in [3.8, 4) is 0 Å². The molecule has 1 amide bonds. The molecular formula is C19H19NO4. The van der Waals surface area contributed by atoms with Gasteiger partial charge in [-0.1, -0.05) is 42.5 Å². The first kappa shape index (κ1) is 16.2. The molecule has 1 N–H and O–H groups in total. The molecular weight excluding hydrogens is 306 g/mol. The fraction of sp³-hybridized carbons (Fsp3) is 0.263. The van der Waals surface area contributed by atoms with Crippen LogP contribution in [-0.4, -0.2) is 41.6 Å². The third-order valence-corrected chi connectivity index (χ3v) is 4.16. The number of carbonyl (C=O) groups excluding carboxylic acids is 1. The average molecular weight is 325 g/mol. The maximum atomic E-state index is 12.8. The number of nitrogens with zero attached hydrogens (tertiary/aromatic N) is 1. The summed E-state index contributed by atoms with van der Waals surface area (Å²) < 4.78 is 5.55. The highest BCUT2D eigenvalue weighted by Crippen LogP contribution is 2.25. The SMILES string of the molecule is O=C(O)c1cccc(CC(=O)N2CCOC[C@H]2c2ccccc2)c1. The summed E-state index contributed by atoms with van der Waals surface area (Å²) in [6.45, 7) is 1.53. The molecule has 3 rings (SSSR count). The Morgan fingerprint density at radius 1 is 1.12 bits per heavy atom. The maximum Gasteiger partial charge on any atom is 0.335 e. The number of aromatic carboxylic acids is 1. The molecule has 0 aliphatic carbocycles. The quantitative estimate of drug-likeness (QED) is 0.938. The lowest BCUT2D eigenvalue weighted by Crippen LogP contribution is -2.44. The van der Waals surface area contributed by atoms with Crippen molar-refractivity contribution in [2.45, 2.75) is 12.5 Å². The van der Waals surface area contributed by atoms with Crippen LogP contribution in [0.5, 0.6) is 0 Å². The first-order chi connectivity index (χ1) is 11.6. The first-order valence-corrected chi connectivity index (χ1v) is 7.89. The molecule has 1 atom stereocenters. The van der Waals surface area contributed by atoms with Gasteiger partial charge in [-0.3, -0.25) is 4.79 Å². The number of carbonyl (C=O) groups is 2. The number of rotatable bonds is 4. The van der Waals surface area contributed by atoms with E-state index in [9.17, 15) is 9.59 Å². The molecule has 0 aromatic heterocycles. The second-order valence-electron chi connectivity index (χ2n) is 5.77. The Morgan fingerprint density at radius 3 is 2.67 bits per heavy atom. The van der Waals surface area contributed by atoms with Gasteiger partial charge < -0.3 is 14.7 Å². The summed E-state index contributed by atoms with van der Waals surface area (Å²) >= 11 is 0. The fourth-order valence-corrected chi connectivity index (χ4v) is 2.94. The van der Waals surface area contributed by atoms with Gasteiger partial charge in [0.1, 0.15) is 0 Å². The van der Waals surface area contributed by atoms with Crippen LogP contribution in [0.2, 0.25) is 0 Å². The predicted molar refractivity (Wildman–Crippen MR) is 88.8 cm³/mol. The molecule has 2 aromatic carbocycles. The summed E-state index contributed by atoms with van der Waals surface area (Å²) in [5.41, 5.74) is 1.95. The monoisotopic (exact) mass is 325 g/mol. The third kappa shape index (κ3) is 3.63. The zero-order valence-electron chi connectivity index (χ0n) is 13.2. The lowest BCUT2D eigenvalue weighted by molar-refractivity contribution is -0.139. The Hall–Kier alpha value is -2.66. The van der Waals surface area contributed by atoms with Gasteiger partial charge in [-0.2, -0.15) is 0 Å². The van der Waals surface area contributed by atoms with Crippen molar-refractivity contribution in [2.75, 3.05) is 19.8 Å². The summed E-state index contributed by atoms with van der Waals surface area (Å²) in [6.07, 6.45) is 0.185. The van der Waals surface area contributed by atoms with Crippen molar-refractivity contribution in [2.24, 2.45) is 0 Å². The Labute approximate surface area is 140 Å². The molecule has 1 saturated heterocycles. The third-order valence-electron chi connectivity index (χ3n) is 4.16. The molecule has 0 radical (unpaired) electrons. The standard InChI is InChI=1S/C19H19NO4/c21-18(12-14-5-4-8-16(11-14)19(22)23)20-9-10-24-13-17(20)15-6-2-1-3-7-15/h1-8,11,17H,9-10,12-13H2,(H,22,23)/t17-/m0/s1. The van der Waals surface area contributed by atoms with E-state index in [2.05, 4.69) is 0 Å². The second-order valence-corrected chi connectivity index (χ2v) is 5.77. The number of morpholine rings is 1. The van der Waals surface area contributed by atoms with E-state index < -0.39 is 5.97 Å². The Kier molecular flexibility index (Phi) is 4.91. The van der Waals surface area contributed by atoms with Gasteiger partial charge in [0.05, 0.1) is 31.2 Å². The zero-order chi connectivity index (χ0) is 16.9. The minimum atomic E-state index is -0.988. The largest absolute Gasteiger partial charge is 0.478 e. The molecule has 2 aromatic rings. The molecule has 1 fully saturated rings. The van der Waals surface area contributed by atoms with E-state index in [4.69, 9.17) is 9.84 Å². The smallest absolute Gasteiger partial charge is 0.335 e. The predicted octanol–water partition coefficient (Wildman–Crippen LogP) is 2.53. The zero-order valence-corrected chi connectivity index (χ0v) is 13.2. The van der Waals surface area contributed by atoms with Gasteiger partial charge in [0.2, 0.25) is 5.91 Å². The maximum absolute atomic E-state index is 12.8. The van der Waals surface area contributed by atoms with E-state index in [0.29, 0.717) is 25.3 Å². The molecule has 0 unspecified atom stereocenters. The van der Waals surface area contributed by atoms with E-state index in [0.717, 1.165) is 5.56 Å². The number of ether oxygens (including phenoxy) is 1. The average Bonchev–Trinajstić information content (AvgIpc) is 2.62. The Bertz CT molecular complexity index is 729. The van der Waals surface area contributed by atoms with Gasteiger partial charge in [0.25, 0.3) is 0 Å². The van der Waals surface area contributed by atoms with Crippen LogP contribution in [-0.2, 0) is 16.0 Å². The lowest BCUT2D eigenvalue weighted by atomic mass is 10.0. The summed E-state index contributed by atoms with van der Waals surface area (Å²) in [4.78, 5) is 25.6. The van der Waals surface area contributed by atoms with Gasteiger partial charge >= 0.3 is 5.97 Å². The van der Waals surface area contributed by atoms with Gasteiger partial charge in [-0.05, 0) is 23.3 Å². The van der Waals surface area contributed by atoms with Gasteiger partial charge in [-0.15, -0.1) is 0 Å². The van der Waals surface area contributed by atoms with Crippen molar-refractivity contribution < 1.29 is 19.4 Å². The van der Waals surface area contributed by atoms with E-state index in [-0.39, 0.29) is 23.9 Å². The number of carboxylic acids is 1. The highest BCUT2D eigenvalue weighted by atomic mass is 16.5.